The SMILES string of the molecule is Cc1occc1C(=O)NCc1cc(N)ccc1O. The molecule has 0 aliphatic heterocycles. The molecule has 1 aromatic heterocycles. The zero-order chi connectivity index (χ0) is 13.1. The summed E-state index contributed by atoms with van der Waals surface area (Å²) in [7, 11) is 0. The molecule has 94 valence electrons. The molecule has 0 bridgehead atoms. The summed E-state index contributed by atoms with van der Waals surface area (Å²) in [6.45, 7) is 1.92. The Kier molecular flexibility index (Phi) is 3.23. The van der Waals surface area contributed by atoms with Crippen LogP contribution in [-0.2, 0) is 6.54 Å². The highest BCUT2D eigenvalue weighted by Gasteiger charge is 2.11. The average molecular weight is 246 g/mol. The fourth-order valence-electron chi connectivity index (χ4n) is 1.64. The standard InChI is InChI=1S/C13H14N2O3/c1-8-11(4-5-18-8)13(17)15-7-9-6-10(14)2-3-12(9)16/h2-6,16H,7,14H2,1H3,(H,15,17). The third-order valence-corrected chi connectivity index (χ3v) is 2.65. The molecule has 1 aromatic carbocycles. The monoisotopic (exact) mass is 246 g/mol. The Labute approximate surface area is 104 Å². The number of aromatic hydroxyl groups is 1. The van der Waals surface area contributed by atoms with Crippen molar-refractivity contribution in [3.05, 3.63) is 47.4 Å². The Morgan fingerprint density at radius 2 is 2.22 bits per heavy atom. The van der Waals surface area contributed by atoms with Gasteiger partial charge in [0.25, 0.3) is 5.91 Å². The highest BCUT2D eigenvalue weighted by molar-refractivity contribution is 5.95. The molecule has 0 unspecified atom stereocenters. The van der Waals surface area contributed by atoms with E-state index in [4.69, 9.17) is 10.2 Å². The summed E-state index contributed by atoms with van der Waals surface area (Å²) in [5, 5.41) is 12.3. The molecule has 2 rings (SSSR count). The lowest BCUT2D eigenvalue weighted by atomic mass is 10.1. The third kappa shape index (κ3) is 2.45. The van der Waals surface area contributed by atoms with Crippen molar-refractivity contribution in [1.82, 2.24) is 5.32 Å². The summed E-state index contributed by atoms with van der Waals surface area (Å²) < 4.78 is 5.05. The first-order valence-corrected chi connectivity index (χ1v) is 5.47. The number of hydrogen-bond donors (Lipinski definition) is 3. The number of nitrogen functional groups attached to an aromatic ring is 1. The molecule has 5 heteroatoms. The number of anilines is 1. The number of aryl methyl sites for hydroxylation is 1. The molecule has 18 heavy (non-hydrogen) atoms. The van der Waals surface area contributed by atoms with Crippen LogP contribution in [0.5, 0.6) is 5.75 Å². The minimum Gasteiger partial charge on any atom is -0.508 e. The van der Waals surface area contributed by atoms with Crippen LogP contribution in [0.3, 0.4) is 0 Å². The molecule has 0 saturated carbocycles. The first-order valence-electron chi connectivity index (χ1n) is 5.47. The predicted octanol–water partition coefficient (Wildman–Crippen LogP) is 1.81. The molecular weight excluding hydrogens is 232 g/mol. The van der Waals surface area contributed by atoms with Crippen molar-refractivity contribution in [2.45, 2.75) is 13.5 Å². The summed E-state index contributed by atoms with van der Waals surface area (Å²) in [6, 6.07) is 6.32. The Morgan fingerprint density at radius 1 is 1.44 bits per heavy atom. The second-order valence-electron chi connectivity index (χ2n) is 3.96. The maximum atomic E-state index is 11.8. The van der Waals surface area contributed by atoms with Crippen molar-refractivity contribution in [2.24, 2.45) is 0 Å². The van der Waals surface area contributed by atoms with Gasteiger partial charge in [-0.05, 0) is 31.2 Å². The number of carbonyl (C=O) groups is 1. The maximum absolute atomic E-state index is 11.8. The number of amides is 1. The Bertz CT molecular complexity index is 575. The van der Waals surface area contributed by atoms with Gasteiger partial charge in [-0.1, -0.05) is 0 Å². The molecule has 5 nitrogen and oxygen atoms in total. The summed E-state index contributed by atoms with van der Waals surface area (Å²) >= 11 is 0. The van der Waals surface area contributed by atoms with Crippen molar-refractivity contribution in [1.29, 1.82) is 0 Å². The highest BCUT2D eigenvalue weighted by Crippen LogP contribution is 2.19. The van der Waals surface area contributed by atoms with Gasteiger partial charge in [0.2, 0.25) is 0 Å². The number of carbonyl (C=O) groups excluding carboxylic acids is 1. The number of furan rings is 1. The van der Waals surface area contributed by atoms with E-state index in [9.17, 15) is 9.90 Å². The Morgan fingerprint density at radius 3 is 2.89 bits per heavy atom. The number of rotatable bonds is 3. The highest BCUT2D eigenvalue weighted by atomic mass is 16.3. The number of hydrogen-bond acceptors (Lipinski definition) is 4. The van der Waals surface area contributed by atoms with E-state index in [0.717, 1.165) is 0 Å². The van der Waals surface area contributed by atoms with Crippen LogP contribution in [0, 0.1) is 6.92 Å². The summed E-state index contributed by atoms with van der Waals surface area (Å²) in [6.07, 6.45) is 1.46. The molecule has 1 amide bonds. The number of nitrogens with one attached hydrogen (secondary N) is 1. The van der Waals surface area contributed by atoms with E-state index in [1.807, 2.05) is 0 Å². The van der Waals surface area contributed by atoms with Crippen molar-refractivity contribution in [2.75, 3.05) is 5.73 Å². The van der Waals surface area contributed by atoms with Crippen LogP contribution in [-0.4, -0.2) is 11.0 Å². The van der Waals surface area contributed by atoms with Crippen LogP contribution >= 0.6 is 0 Å². The summed E-state index contributed by atoms with van der Waals surface area (Å²) in [5.41, 5.74) is 7.21. The fraction of sp³-hybridized carbons (Fsp3) is 0.154. The predicted molar refractivity (Wildman–Crippen MR) is 67.1 cm³/mol. The van der Waals surface area contributed by atoms with E-state index < -0.39 is 0 Å². The van der Waals surface area contributed by atoms with E-state index in [0.29, 0.717) is 22.6 Å². The van der Waals surface area contributed by atoms with Gasteiger partial charge in [-0.3, -0.25) is 4.79 Å². The van der Waals surface area contributed by atoms with Crippen LogP contribution in [0.15, 0.2) is 34.9 Å². The molecule has 0 atom stereocenters. The van der Waals surface area contributed by atoms with Gasteiger partial charge in [-0.25, -0.2) is 0 Å². The van der Waals surface area contributed by atoms with E-state index in [-0.39, 0.29) is 18.2 Å². The lowest BCUT2D eigenvalue weighted by molar-refractivity contribution is 0.0949. The quantitative estimate of drug-likeness (QED) is 0.569. The molecule has 0 radical (unpaired) electrons. The number of phenolic OH excluding ortho intramolecular Hbond substituents is 1. The number of phenols is 1. The molecule has 0 saturated heterocycles. The maximum Gasteiger partial charge on any atom is 0.255 e. The van der Waals surface area contributed by atoms with Crippen LogP contribution in [0.2, 0.25) is 0 Å². The average Bonchev–Trinajstić information content (AvgIpc) is 2.76. The van der Waals surface area contributed by atoms with Crippen molar-refractivity contribution >= 4 is 11.6 Å². The van der Waals surface area contributed by atoms with Gasteiger partial charge in [-0.15, -0.1) is 0 Å². The zero-order valence-electron chi connectivity index (χ0n) is 9.93. The lowest BCUT2D eigenvalue weighted by Crippen LogP contribution is -2.23. The molecule has 0 fully saturated rings. The molecule has 1 heterocycles. The number of nitrogens with two attached hydrogens (primary N) is 1. The second-order valence-corrected chi connectivity index (χ2v) is 3.96. The van der Waals surface area contributed by atoms with Gasteiger partial charge in [0.05, 0.1) is 11.8 Å². The Balaban J connectivity index is 2.06. The smallest absolute Gasteiger partial charge is 0.255 e. The normalized spacial score (nSPS) is 10.3. The topological polar surface area (TPSA) is 88.5 Å². The van der Waals surface area contributed by atoms with Crippen molar-refractivity contribution < 1.29 is 14.3 Å². The van der Waals surface area contributed by atoms with E-state index in [1.165, 1.54) is 12.3 Å². The van der Waals surface area contributed by atoms with Crippen LogP contribution in [0.1, 0.15) is 21.7 Å². The molecule has 0 aliphatic carbocycles. The molecular formula is C13H14N2O3. The van der Waals surface area contributed by atoms with E-state index in [1.54, 1.807) is 25.1 Å². The van der Waals surface area contributed by atoms with Crippen molar-refractivity contribution in [3.8, 4) is 5.75 Å². The molecule has 4 N–H and O–H groups in total. The van der Waals surface area contributed by atoms with Gasteiger partial charge in [0.15, 0.2) is 0 Å². The fourth-order valence-corrected chi connectivity index (χ4v) is 1.64. The first-order chi connectivity index (χ1) is 8.58. The van der Waals surface area contributed by atoms with Gasteiger partial charge in [0.1, 0.15) is 11.5 Å². The van der Waals surface area contributed by atoms with Crippen molar-refractivity contribution in [3.63, 3.8) is 0 Å². The number of benzene rings is 1. The Hall–Kier alpha value is -2.43. The van der Waals surface area contributed by atoms with Gasteiger partial charge < -0.3 is 20.6 Å². The van der Waals surface area contributed by atoms with Gasteiger partial charge in [-0.2, -0.15) is 0 Å². The van der Waals surface area contributed by atoms with E-state index in [2.05, 4.69) is 5.32 Å². The minimum atomic E-state index is -0.247. The van der Waals surface area contributed by atoms with Gasteiger partial charge in [0, 0.05) is 17.8 Å². The summed E-state index contributed by atoms with van der Waals surface area (Å²) in [5.74, 6) is 0.417. The largest absolute Gasteiger partial charge is 0.508 e. The van der Waals surface area contributed by atoms with Crippen LogP contribution in [0.4, 0.5) is 5.69 Å². The van der Waals surface area contributed by atoms with Crippen LogP contribution in [0.25, 0.3) is 0 Å². The van der Waals surface area contributed by atoms with Gasteiger partial charge >= 0.3 is 0 Å². The minimum absolute atomic E-state index is 0.105. The molecule has 2 aromatic rings. The van der Waals surface area contributed by atoms with Crippen LogP contribution < -0.4 is 11.1 Å². The lowest BCUT2D eigenvalue weighted by Gasteiger charge is -2.07. The molecule has 0 aliphatic rings. The zero-order valence-corrected chi connectivity index (χ0v) is 9.93. The van der Waals surface area contributed by atoms with E-state index >= 15 is 0 Å². The summed E-state index contributed by atoms with van der Waals surface area (Å²) in [4.78, 5) is 11.8. The molecule has 0 spiro atoms. The third-order valence-electron chi connectivity index (χ3n) is 2.65. The first kappa shape index (κ1) is 12.0. The second kappa shape index (κ2) is 4.83.